The molecule has 5 nitrogen and oxygen atoms in total. The van der Waals surface area contributed by atoms with Gasteiger partial charge >= 0.3 is 5.97 Å². The number of benzene rings is 1. The largest absolute Gasteiger partial charge is 0.506 e. The number of hydrogen-bond acceptors (Lipinski definition) is 5. The minimum absolute atomic E-state index is 0.0296. The van der Waals surface area contributed by atoms with Gasteiger partial charge in [-0.3, -0.25) is 0 Å². The molecule has 0 aliphatic heterocycles. The number of anilines is 1. The Balaban J connectivity index is 2.37. The van der Waals surface area contributed by atoms with E-state index in [0.717, 1.165) is 26.1 Å². The zero-order valence-electron chi connectivity index (χ0n) is 11.6. The lowest BCUT2D eigenvalue weighted by Gasteiger charge is -2.17. The van der Waals surface area contributed by atoms with Gasteiger partial charge in [-0.15, -0.1) is 0 Å². The molecular weight excluding hydrogens is 244 g/mol. The van der Waals surface area contributed by atoms with E-state index in [9.17, 15) is 9.90 Å². The monoisotopic (exact) mass is 266 g/mol. The summed E-state index contributed by atoms with van der Waals surface area (Å²) < 4.78 is 5.16. The SMILES string of the molecule is CCN(CC)CCCOC(=O)c1ccc(O)c(N)c1. The number of nitrogens with two attached hydrogens (primary N) is 1. The number of phenolic OH excluding ortho intramolecular Hbond substituents is 1. The van der Waals surface area contributed by atoms with E-state index in [-0.39, 0.29) is 11.4 Å². The van der Waals surface area contributed by atoms with Crippen LogP contribution in [0.1, 0.15) is 30.6 Å². The van der Waals surface area contributed by atoms with Crippen molar-refractivity contribution >= 4 is 11.7 Å². The van der Waals surface area contributed by atoms with Crippen LogP contribution in [0.25, 0.3) is 0 Å². The van der Waals surface area contributed by atoms with Gasteiger partial charge in [0.25, 0.3) is 0 Å². The number of aromatic hydroxyl groups is 1. The molecular formula is C14H22N2O3. The smallest absolute Gasteiger partial charge is 0.338 e. The van der Waals surface area contributed by atoms with Gasteiger partial charge in [0.05, 0.1) is 17.9 Å². The zero-order valence-corrected chi connectivity index (χ0v) is 11.6. The van der Waals surface area contributed by atoms with Crippen LogP contribution in [-0.4, -0.2) is 42.2 Å². The van der Waals surface area contributed by atoms with E-state index in [4.69, 9.17) is 10.5 Å². The average molecular weight is 266 g/mol. The molecule has 0 aliphatic rings. The van der Waals surface area contributed by atoms with Crippen molar-refractivity contribution in [3.8, 4) is 5.75 Å². The second kappa shape index (κ2) is 7.63. The molecule has 1 aromatic rings. The summed E-state index contributed by atoms with van der Waals surface area (Å²) in [5.74, 6) is -0.440. The predicted octanol–water partition coefficient (Wildman–Crippen LogP) is 1.86. The maximum atomic E-state index is 11.7. The van der Waals surface area contributed by atoms with Gasteiger partial charge in [0, 0.05) is 6.54 Å². The van der Waals surface area contributed by atoms with E-state index in [1.54, 1.807) is 0 Å². The maximum absolute atomic E-state index is 11.7. The molecule has 19 heavy (non-hydrogen) atoms. The van der Waals surface area contributed by atoms with Crippen molar-refractivity contribution < 1.29 is 14.6 Å². The van der Waals surface area contributed by atoms with Crippen LogP contribution in [0.2, 0.25) is 0 Å². The van der Waals surface area contributed by atoms with Gasteiger partial charge in [0.1, 0.15) is 5.75 Å². The third-order valence-corrected chi connectivity index (χ3v) is 3.01. The first-order valence-corrected chi connectivity index (χ1v) is 6.56. The number of ether oxygens (including phenoxy) is 1. The number of hydrogen-bond donors (Lipinski definition) is 2. The first-order chi connectivity index (χ1) is 9.08. The Labute approximate surface area is 114 Å². The van der Waals surface area contributed by atoms with Crippen LogP contribution in [0.3, 0.4) is 0 Å². The topological polar surface area (TPSA) is 75.8 Å². The van der Waals surface area contributed by atoms with Gasteiger partial charge in [-0.25, -0.2) is 4.79 Å². The average Bonchev–Trinajstić information content (AvgIpc) is 2.42. The van der Waals surface area contributed by atoms with Crippen LogP contribution >= 0.6 is 0 Å². The van der Waals surface area contributed by atoms with Crippen LogP contribution in [0, 0.1) is 0 Å². The zero-order chi connectivity index (χ0) is 14.3. The first-order valence-electron chi connectivity index (χ1n) is 6.56. The van der Waals surface area contributed by atoms with Crippen molar-refractivity contribution in [2.45, 2.75) is 20.3 Å². The molecule has 0 amide bonds. The third kappa shape index (κ3) is 4.79. The van der Waals surface area contributed by atoms with Gasteiger partial charge in [-0.05, 0) is 37.7 Å². The molecule has 1 aromatic carbocycles. The molecule has 0 atom stereocenters. The van der Waals surface area contributed by atoms with Crippen molar-refractivity contribution in [3.05, 3.63) is 23.8 Å². The van der Waals surface area contributed by atoms with Gasteiger partial charge in [0.2, 0.25) is 0 Å². The molecule has 0 aromatic heterocycles. The number of carbonyl (C=O) groups excluding carboxylic acids is 1. The van der Waals surface area contributed by atoms with E-state index in [2.05, 4.69) is 18.7 Å². The predicted molar refractivity (Wildman–Crippen MR) is 75.2 cm³/mol. The van der Waals surface area contributed by atoms with Gasteiger partial charge in [-0.2, -0.15) is 0 Å². The van der Waals surface area contributed by atoms with E-state index in [1.807, 2.05) is 0 Å². The van der Waals surface area contributed by atoms with Gasteiger partial charge in [-0.1, -0.05) is 13.8 Å². The normalized spacial score (nSPS) is 10.7. The Bertz CT molecular complexity index is 417. The van der Waals surface area contributed by atoms with Crippen molar-refractivity contribution in [1.29, 1.82) is 0 Å². The van der Waals surface area contributed by atoms with Gasteiger partial charge in [0.15, 0.2) is 0 Å². The Morgan fingerprint density at radius 2 is 2.05 bits per heavy atom. The molecule has 0 radical (unpaired) electrons. The lowest BCUT2D eigenvalue weighted by molar-refractivity contribution is 0.0489. The van der Waals surface area contributed by atoms with Crippen LogP contribution in [0.4, 0.5) is 5.69 Å². The Kier molecular flexibility index (Phi) is 6.15. The number of nitrogens with zero attached hydrogens (tertiary/aromatic N) is 1. The number of carbonyl (C=O) groups is 1. The molecule has 106 valence electrons. The molecule has 0 saturated heterocycles. The van der Waals surface area contributed by atoms with Crippen LogP contribution < -0.4 is 5.73 Å². The minimum atomic E-state index is -0.411. The first kappa shape index (κ1) is 15.3. The molecule has 0 heterocycles. The van der Waals surface area contributed by atoms with E-state index < -0.39 is 5.97 Å². The molecule has 0 bridgehead atoms. The molecule has 0 unspecified atom stereocenters. The maximum Gasteiger partial charge on any atom is 0.338 e. The van der Waals surface area contributed by atoms with E-state index in [1.165, 1.54) is 18.2 Å². The molecule has 0 spiro atoms. The molecule has 5 heteroatoms. The fourth-order valence-corrected chi connectivity index (χ4v) is 1.76. The number of phenols is 1. The second-order valence-electron chi connectivity index (χ2n) is 4.29. The summed E-state index contributed by atoms with van der Waals surface area (Å²) in [7, 11) is 0. The van der Waals surface area contributed by atoms with Crippen molar-refractivity contribution in [2.75, 3.05) is 32.0 Å². The highest BCUT2D eigenvalue weighted by atomic mass is 16.5. The minimum Gasteiger partial charge on any atom is -0.506 e. The lowest BCUT2D eigenvalue weighted by atomic mass is 10.2. The Morgan fingerprint density at radius 3 is 2.63 bits per heavy atom. The molecule has 0 fully saturated rings. The van der Waals surface area contributed by atoms with Crippen LogP contribution in [-0.2, 0) is 4.74 Å². The Hall–Kier alpha value is -1.75. The third-order valence-electron chi connectivity index (χ3n) is 3.01. The summed E-state index contributed by atoms with van der Waals surface area (Å²) in [6, 6.07) is 4.31. The highest BCUT2D eigenvalue weighted by molar-refractivity contribution is 5.90. The van der Waals surface area contributed by atoms with E-state index in [0.29, 0.717) is 12.2 Å². The molecule has 0 aliphatic carbocycles. The summed E-state index contributed by atoms with van der Waals surface area (Å²) >= 11 is 0. The van der Waals surface area contributed by atoms with Gasteiger partial charge < -0.3 is 20.5 Å². The van der Waals surface area contributed by atoms with Crippen molar-refractivity contribution in [2.24, 2.45) is 0 Å². The standard InChI is InChI=1S/C14H22N2O3/c1-3-16(4-2)8-5-9-19-14(18)11-6-7-13(17)12(15)10-11/h6-7,10,17H,3-5,8-9,15H2,1-2H3. The second-order valence-corrected chi connectivity index (χ2v) is 4.29. The molecule has 3 N–H and O–H groups in total. The fraction of sp³-hybridized carbons (Fsp3) is 0.500. The Morgan fingerprint density at radius 1 is 1.37 bits per heavy atom. The summed E-state index contributed by atoms with van der Waals surface area (Å²) in [6.45, 7) is 7.51. The highest BCUT2D eigenvalue weighted by Crippen LogP contribution is 2.20. The lowest BCUT2D eigenvalue weighted by Crippen LogP contribution is -2.25. The fourth-order valence-electron chi connectivity index (χ4n) is 1.76. The number of esters is 1. The van der Waals surface area contributed by atoms with Crippen molar-refractivity contribution in [1.82, 2.24) is 4.90 Å². The molecule has 0 saturated carbocycles. The molecule has 1 rings (SSSR count). The summed E-state index contributed by atoms with van der Waals surface area (Å²) in [5.41, 5.74) is 6.06. The summed E-state index contributed by atoms with van der Waals surface area (Å²) in [5, 5.41) is 9.27. The summed E-state index contributed by atoms with van der Waals surface area (Å²) in [4.78, 5) is 14.0. The van der Waals surface area contributed by atoms with Crippen molar-refractivity contribution in [3.63, 3.8) is 0 Å². The quantitative estimate of drug-likeness (QED) is 0.341. The van der Waals surface area contributed by atoms with Crippen LogP contribution in [0.5, 0.6) is 5.75 Å². The number of nitrogen functional groups attached to an aromatic ring is 1. The van der Waals surface area contributed by atoms with Crippen LogP contribution in [0.15, 0.2) is 18.2 Å². The number of rotatable bonds is 7. The van der Waals surface area contributed by atoms with E-state index >= 15 is 0 Å². The highest BCUT2D eigenvalue weighted by Gasteiger charge is 2.09. The summed E-state index contributed by atoms with van der Waals surface area (Å²) in [6.07, 6.45) is 0.807.